The van der Waals surface area contributed by atoms with Gasteiger partial charge in [-0.25, -0.2) is 4.79 Å². The minimum absolute atomic E-state index is 0.173. The largest absolute Gasteiger partial charge is 0.462 e. The number of ether oxygens (including phenoxy) is 1. The van der Waals surface area contributed by atoms with Gasteiger partial charge in [0.25, 0.3) is 0 Å². The van der Waals surface area contributed by atoms with Crippen molar-refractivity contribution in [3.8, 4) is 0 Å². The summed E-state index contributed by atoms with van der Waals surface area (Å²) < 4.78 is 5.10. The van der Waals surface area contributed by atoms with Gasteiger partial charge in [0.2, 0.25) is 0 Å². The first-order valence-electron chi connectivity index (χ1n) is 6.12. The summed E-state index contributed by atoms with van der Waals surface area (Å²) in [6, 6.07) is 0. The third kappa shape index (κ3) is 2.61. The van der Waals surface area contributed by atoms with E-state index in [-0.39, 0.29) is 5.97 Å². The summed E-state index contributed by atoms with van der Waals surface area (Å²) in [5, 5.41) is 0. The third-order valence-electron chi connectivity index (χ3n) is 3.84. The molecule has 1 saturated carbocycles. The van der Waals surface area contributed by atoms with Gasteiger partial charge >= 0.3 is 5.97 Å². The van der Waals surface area contributed by atoms with E-state index in [4.69, 9.17) is 4.74 Å². The van der Waals surface area contributed by atoms with E-state index in [0.717, 1.165) is 18.8 Å². The molecule has 0 bridgehead atoms. The normalized spacial score (nSPS) is 29.7. The second-order valence-electron chi connectivity index (χ2n) is 4.89. The van der Waals surface area contributed by atoms with Crippen LogP contribution < -0.4 is 0 Å². The lowest BCUT2D eigenvalue weighted by atomic mass is 9.76. The van der Waals surface area contributed by atoms with Crippen LogP contribution in [-0.2, 0) is 9.53 Å². The molecule has 2 aliphatic rings. The quantitative estimate of drug-likeness (QED) is 0.489. The van der Waals surface area contributed by atoms with Crippen molar-refractivity contribution in [2.45, 2.75) is 44.9 Å². The van der Waals surface area contributed by atoms with Gasteiger partial charge in [0, 0.05) is 5.57 Å². The van der Waals surface area contributed by atoms with Gasteiger partial charge in [-0.05, 0) is 24.7 Å². The van der Waals surface area contributed by atoms with E-state index < -0.39 is 0 Å². The Morgan fingerprint density at radius 2 is 1.80 bits per heavy atom. The summed E-state index contributed by atoms with van der Waals surface area (Å²) >= 11 is 0. The standard InChI is InChI=1S/C13H20O2/c1-10-9-12(7-8-15-13(10)14)11-5-3-2-4-6-11/h11-12H,1-9H2. The molecule has 2 rings (SSSR count). The minimum atomic E-state index is -0.173. The van der Waals surface area contributed by atoms with Gasteiger partial charge in [0.1, 0.15) is 0 Å². The zero-order chi connectivity index (χ0) is 10.7. The molecule has 0 aromatic heterocycles. The number of cyclic esters (lactones) is 1. The summed E-state index contributed by atoms with van der Waals surface area (Å²) in [6.45, 7) is 4.42. The van der Waals surface area contributed by atoms with Gasteiger partial charge in [-0.2, -0.15) is 0 Å². The van der Waals surface area contributed by atoms with Crippen LogP contribution in [0.25, 0.3) is 0 Å². The zero-order valence-electron chi connectivity index (χ0n) is 9.34. The molecule has 1 aliphatic heterocycles. The van der Waals surface area contributed by atoms with Crippen LogP contribution in [0, 0.1) is 11.8 Å². The monoisotopic (exact) mass is 208 g/mol. The van der Waals surface area contributed by atoms with Crippen LogP contribution in [-0.4, -0.2) is 12.6 Å². The fourth-order valence-electron chi connectivity index (χ4n) is 2.91. The van der Waals surface area contributed by atoms with Crippen molar-refractivity contribution in [1.29, 1.82) is 0 Å². The lowest BCUT2D eigenvalue weighted by Gasteiger charge is -2.28. The summed E-state index contributed by atoms with van der Waals surface area (Å²) in [7, 11) is 0. The van der Waals surface area contributed by atoms with Crippen LogP contribution in [0.2, 0.25) is 0 Å². The molecule has 1 saturated heterocycles. The first-order chi connectivity index (χ1) is 7.27. The predicted molar refractivity (Wildman–Crippen MR) is 59.4 cm³/mol. The Morgan fingerprint density at radius 1 is 1.07 bits per heavy atom. The number of rotatable bonds is 1. The van der Waals surface area contributed by atoms with Gasteiger partial charge < -0.3 is 4.74 Å². The SMILES string of the molecule is C=C1CC(C2CCCCC2)CCOC1=O. The Morgan fingerprint density at radius 3 is 2.53 bits per heavy atom. The van der Waals surface area contributed by atoms with Gasteiger partial charge in [0.05, 0.1) is 6.61 Å². The first kappa shape index (κ1) is 10.7. The van der Waals surface area contributed by atoms with E-state index in [1.807, 2.05) is 0 Å². The number of hydrogen-bond acceptors (Lipinski definition) is 2. The molecular formula is C13H20O2. The molecule has 1 heterocycles. The maximum atomic E-state index is 11.3. The predicted octanol–water partition coefficient (Wildman–Crippen LogP) is 3.08. The van der Waals surface area contributed by atoms with Crippen molar-refractivity contribution in [1.82, 2.24) is 0 Å². The highest BCUT2D eigenvalue weighted by molar-refractivity contribution is 5.87. The molecule has 0 aromatic rings. The van der Waals surface area contributed by atoms with Gasteiger partial charge in [-0.15, -0.1) is 0 Å². The lowest BCUT2D eigenvalue weighted by Crippen LogP contribution is -2.18. The molecule has 2 heteroatoms. The van der Waals surface area contributed by atoms with Crippen LogP contribution in [0.3, 0.4) is 0 Å². The molecular weight excluding hydrogens is 188 g/mol. The molecule has 0 amide bonds. The minimum Gasteiger partial charge on any atom is -0.462 e. The smallest absolute Gasteiger partial charge is 0.333 e. The van der Waals surface area contributed by atoms with Gasteiger partial charge in [-0.3, -0.25) is 0 Å². The zero-order valence-corrected chi connectivity index (χ0v) is 9.34. The van der Waals surface area contributed by atoms with E-state index in [1.165, 1.54) is 32.1 Å². The Hall–Kier alpha value is -0.790. The van der Waals surface area contributed by atoms with Crippen LogP contribution in [0.4, 0.5) is 0 Å². The number of hydrogen-bond donors (Lipinski definition) is 0. The van der Waals surface area contributed by atoms with Crippen molar-refractivity contribution in [2.75, 3.05) is 6.61 Å². The van der Waals surface area contributed by atoms with E-state index in [1.54, 1.807) is 0 Å². The van der Waals surface area contributed by atoms with Crippen molar-refractivity contribution in [2.24, 2.45) is 11.8 Å². The van der Waals surface area contributed by atoms with E-state index in [9.17, 15) is 4.79 Å². The summed E-state index contributed by atoms with van der Waals surface area (Å²) in [4.78, 5) is 11.3. The number of esters is 1. The van der Waals surface area contributed by atoms with E-state index >= 15 is 0 Å². The van der Waals surface area contributed by atoms with Crippen molar-refractivity contribution in [3.05, 3.63) is 12.2 Å². The molecule has 2 fully saturated rings. The van der Waals surface area contributed by atoms with Crippen LogP contribution in [0.5, 0.6) is 0 Å². The maximum Gasteiger partial charge on any atom is 0.333 e. The second kappa shape index (κ2) is 4.82. The van der Waals surface area contributed by atoms with Gasteiger partial charge in [-0.1, -0.05) is 38.7 Å². The van der Waals surface area contributed by atoms with E-state index in [0.29, 0.717) is 18.1 Å². The summed E-state index contributed by atoms with van der Waals surface area (Å²) in [5.41, 5.74) is 0.683. The molecule has 1 aliphatic carbocycles. The fourth-order valence-corrected chi connectivity index (χ4v) is 2.91. The molecule has 0 radical (unpaired) electrons. The molecule has 2 nitrogen and oxygen atoms in total. The van der Waals surface area contributed by atoms with Crippen molar-refractivity contribution >= 4 is 5.97 Å². The van der Waals surface area contributed by atoms with Gasteiger partial charge in [0.15, 0.2) is 0 Å². The molecule has 84 valence electrons. The summed E-state index contributed by atoms with van der Waals surface area (Å²) in [5.74, 6) is 1.28. The number of carbonyl (C=O) groups excluding carboxylic acids is 1. The second-order valence-corrected chi connectivity index (χ2v) is 4.89. The Labute approximate surface area is 91.7 Å². The van der Waals surface area contributed by atoms with Crippen LogP contribution in [0.1, 0.15) is 44.9 Å². The average molecular weight is 208 g/mol. The average Bonchev–Trinajstić information content (AvgIpc) is 2.43. The highest BCUT2D eigenvalue weighted by atomic mass is 16.5. The van der Waals surface area contributed by atoms with Crippen molar-refractivity contribution < 1.29 is 9.53 Å². The molecule has 1 unspecified atom stereocenters. The molecule has 0 spiro atoms. The van der Waals surface area contributed by atoms with E-state index in [2.05, 4.69) is 6.58 Å². The first-order valence-corrected chi connectivity index (χ1v) is 6.12. The Balaban J connectivity index is 1.95. The topological polar surface area (TPSA) is 26.3 Å². The third-order valence-corrected chi connectivity index (χ3v) is 3.84. The molecule has 0 N–H and O–H groups in total. The Bertz CT molecular complexity index is 251. The molecule has 1 atom stereocenters. The highest BCUT2D eigenvalue weighted by Gasteiger charge is 2.28. The molecule has 15 heavy (non-hydrogen) atoms. The molecule has 0 aromatic carbocycles. The highest BCUT2D eigenvalue weighted by Crippen LogP contribution is 2.36. The van der Waals surface area contributed by atoms with Crippen LogP contribution >= 0.6 is 0 Å². The van der Waals surface area contributed by atoms with Crippen molar-refractivity contribution in [3.63, 3.8) is 0 Å². The fraction of sp³-hybridized carbons (Fsp3) is 0.769. The number of carbonyl (C=O) groups is 1. The lowest BCUT2D eigenvalue weighted by molar-refractivity contribution is -0.138. The maximum absolute atomic E-state index is 11.3. The van der Waals surface area contributed by atoms with Crippen LogP contribution in [0.15, 0.2) is 12.2 Å². The Kier molecular flexibility index (Phi) is 3.45. The summed E-state index contributed by atoms with van der Waals surface area (Å²) in [6.07, 6.45) is 8.70.